The lowest BCUT2D eigenvalue weighted by atomic mass is 10.0. The first-order chi connectivity index (χ1) is 5.25. The number of carbonyl (C=O) groups excluding carboxylic acids is 1. The second-order valence-electron chi connectivity index (χ2n) is 3.57. The van der Waals surface area contributed by atoms with Crippen LogP contribution in [0.3, 0.4) is 0 Å². The van der Waals surface area contributed by atoms with E-state index >= 15 is 0 Å². The third-order valence-corrected chi connectivity index (χ3v) is 2.61. The van der Waals surface area contributed by atoms with Crippen LogP contribution in [0.1, 0.15) is 19.3 Å². The lowest BCUT2D eigenvalue weighted by Crippen LogP contribution is -2.37. The fourth-order valence-electron chi connectivity index (χ4n) is 2.04. The van der Waals surface area contributed by atoms with E-state index in [1.54, 1.807) is 0 Å². The molecular weight excluding hydrogens is 138 g/mol. The van der Waals surface area contributed by atoms with E-state index in [9.17, 15) is 4.79 Å². The number of Topliss-reactive ketones (excluding diaryl/α,β-unsaturated/α-hetero) is 1. The molecule has 2 rings (SSSR count). The summed E-state index contributed by atoms with van der Waals surface area (Å²) in [5.41, 5.74) is 1.30. The lowest BCUT2D eigenvalue weighted by Gasteiger charge is -2.27. The molecule has 0 saturated carbocycles. The number of hydrogen-bond donors (Lipinski definition) is 0. The van der Waals surface area contributed by atoms with Crippen LogP contribution in [0.5, 0.6) is 0 Å². The van der Waals surface area contributed by atoms with Gasteiger partial charge in [0.05, 0.1) is 0 Å². The Labute approximate surface area is 66.9 Å². The number of piperidine rings is 1. The quantitative estimate of drug-likeness (QED) is 0.481. The van der Waals surface area contributed by atoms with Gasteiger partial charge < -0.3 is 0 Å². The van der Waals surface area contributed by atoms with Crippen LogP contribution in [0.2, 0.25) is 0 Å². The van der Waals surface area contributed by atoms with Gasteiger partial charge >= 0.3 is 0 Å². The van der Waals surface area contributed by atoms with Crippen molar-refractivity contribution in [1.82, 2.24) is 4.90 Å². The molecule has 0 radical (unpaired) electrons. The summed E-state index contributed by atoms with van der Waals surface area (Å²) in [6.45, 7) is 5.94. The molecule has 60 valence electrons. The SMILES string of the molecule is C=C1C[C@H]2CC(=O)CCN2C1. The summed E-state index contributed by atoms with van der Waals surface area (Å²) in [6.07, 6.45) is 2.56. The number of carbonyl (C=O) groups is 1. The molecule has 0 aromatic heterocycles. The maximum Gasteiger partial charge on any atom is 0.135 e. The van der Waals surface area contributed by atoms with E-state index < -0.39 is 0 Å². The molecule has 2 fully saturated rings. The van der Waals surface area contributed by atoms with Gasteiger partial charge in [0.1, 0.15) is 5.78 Å². The standard InChI is InChI=1S/C9H13NO/c1-7-4-8-5-9(11)2-3-10(8)6-7/h8H,1-6H2/t8-/m0/s1. The van der Waals surface area contributed by atoms with Crippen LogP contribution in [0.4, 0.5) is 0 Å². The Morgan fingerprint density at radius 3 is 3.09 bits per heavy atom. The maximum absolute atomic E-state index is 11.1. The number of ketones is 1. The van der Waals surface area contributed by atoms with Gasteiger partial charge in [-0.3, -0.25) is 9.69 Å². The van der Waals surface area contributed by atoms with Gasteiger partial charge in [-0.1, -0.05) is 12.2 Å². The van der Waals surface area contributed by atoms with Crippen LogP contribution >= 0.6 is 0 Å². The number of hydrogen-bond acceptors (Lipinski definition) is 2. The molecule has 0 N–H and O–H groups in total. The van der Waals surface area contributed by atoms with Crippen molar-refractivity contribution in [2.24, 2.45) is 0 Å². The van der Waals surface area contributed by atoms with E-state index in [-0.39, 0.29) is 0 Å². The summed E-state index contributed by atoms with van der Waals surface area (Å²) >= 11 is 0. The average Bonchev–Trinajstić information content (AvgIpc) is 2.27. The molecule has 2 aliphatic rings. The van der Waals surface area contributed by atoms with Gasteiger partial charge in [-0.25, -0.2) is 0 Å². The van der Waals surface area contributed by atoms with Gasteiger partial charge in [-0.15, -0.1) is 0 Å². The van der Waals surface area contributed by atoms with Crippen LogP contribution in [0.25, 0.3) is 0 Å². The molecule has 2 aliphatic heterocycles. The third kappa shape index (κ3) is 1.23. The minimum absolute atomic E-state index is 0.431. The summed E-state index contributed by atoms with van der Waals surface area (Å²) in [6, 6.07) is 0.503. The third-order valence-electron chi connectivity index (χ3n) is 2.61. The van der Waals surface area contributed by atoms with Crippen molar-refractivity contribution >= 4 is 5.78 Å². The predicted molar refractivity (Wildman–Crippen MR) is 43.4 cm³/mol. The summed E-state index contributed by atoms with van der Waals surface area (Å²) in [7, 11) is 0. The second kappa shape index (κ2) is 2.45. The molecule has 2 nitrogen and oxygen atoms in total. The summed E-state index contributed by atoms with van der Waals surface area (Å²) in [5, 5.41) is 0. The van der Waals surface area contributed by atoms with Crippen LogP contribution in [0.15, 0.2) is 12.2 Å². The molecule has 0 bridgehead atoms. The fourth-order valence-corrected chi connectivity index (χ4v) is 2.04. The van der Waals surface area contributed by atoms with Crippen LogP contribution in [-0.4, -0.2) is 29.8 Å². The highest BCUT2D eigenvalue weighted by molar-refractivity contribution is 5.80. The van der Waals surface area contributed by atoms with Crippen LogP contribution in [0, 0.1) is 0 Å². The zero-order chi connectivity index (χ0) is 7.84. The Bertz CT molecular complexity index is 208. The van der Waals surface area contributed by atoms with Crippen LogP contribution < -0.4 is 0 Å². The van der Waals surface area contributed by atoms with Gasteiger partial charge in [0.25, 0.3) is 0 Å². The van der Waals surface area contributed by atoms with Gasteiger partial charge in [0.2, 0.25) is 0 Å². The van der Waals surface area contributed by atoms with Crippen molar-refractivity contribution in [2.75, 3.05) is 13.1 Å². The Balaban J connectivity index is 2.08. The molecule has 2 heteroatoms. The number of rotatable bonds is 0. The number of fused-ring (bicyclic) bond motifs is 1. The lowest BCUT2D eigenvalue weighted by molar-refractivity contribution is -0.122. The van der Waals surface area contributed by atoms with E-state index in [2.05, 4.69) is 11.5 Å². The van der Waals surface area contributed by atoms with Gasteiger partial charge in [0.15, 0.2) is 0 Å². The maximum atomic E-state index is 11.1. The van der Waals surface area contributed by atoms with E-state index in [0.29, 0.717) is 11.8 Å². The highest BCUT2D eigenvalue weighted by atomic mass is 16.1. The van der Waals surface area contributed by atoms with E-state index in [1.165, 1.54) is 5.57 Å². The Hall–Kier alpha value is -0.630. The normalized spacial score (nSPS) is 32.5. The molecule has 11 heavy (non-hydrogen) atoms. The predicted octanol–water partition coefficient (Wildman–Crippen LogP) is 0.980. The van der Waals surface area contributed by atoms with E-state index in [0.717, 1.165) is 32.4 Å². The minimum Gasteiger partial charge on any atom is -0.300 e. The van der Waals surface area contributed by atoms with E-state index in [1.807, 2.05) is 0 Å². The molecule has 1 atom stereocenters. The van der Waals surface area contributed by atoms with Gasteiger partial charge in [-0.05, 0) is 6.42 Å². The minimum atomic E-state index is 0.431. The first-order valence-electron chi connectivity index (χ1n) is 4.18. The first-order valence-corrected chi connectivity index (χ1v) is 4.18. The molecule has 0 aromatic rings. The highest BCUT2D eigenvalue weighted by Gasteiger charge is 2.31. The van der Waals surface area contributed by atoms with Gasteiger partial charge in [0, 0.05) is 32.0 Å². The smallest absolute Gasteiger partial charge is 0.135 e. The van der Waals surface area contributed by atoms with Crippen molar-refractivity contribution in [3.63, 3.8) is 0 Å². The zero-order valence-corrected chi connectivity index (χ0v) is 6.68. The topological polar surface area (TPSA) is 20.3 Å². The molecule has 2 heterocycles. The monoisotopic (exact) mass is 151 g/mol. The molecule has 0 amide bonds. The molecular formula is C9H13NO. The van der Waals surface area contributed by atoms with Crippen molar-refractivity contribution < 1.29 is 4.79 Å². The highest BCUT2D eigenvalue weighted by Crippen LogP contribution is 2.27. The van der Waals surface area contributed by atoms with Crippen molar-refractivity contribution in [3.05, 3.63) is 12.2 Å². The zero-order valence-electron chi connectivity index (χ0n) is 6.68. The molecule has 0 aliphatic carbocycles. The van der Waals surface area contributed by atoms with E-state index in [4.69, 9.17) is 0 Å². The largest absolute Gasteiger partial charge is 0.300 e. The first kappa shape index (κ1) is 7.04. The molecule has 0 unspecified atom stereocenters. The second-order valence-corrected chi connectivity index (χ2v) is 3.57. The van der Waals surface area contributed by atoms with Crippen LogP contribution in [-0.2, 0) is 4.79 Å². The Kier molecular flexibility index (Phi) is 1.57. The summed E-state index contributed by atoms with van der Waals surface area (Å²) in [4.78, 5) is 13.4. The summed E-state index contributed by atoms with van der Waals surface area (Å²) in [5.74, 6) is 0.431. The Morgan fingerprint density at radius 2 is 2.27 bits per heavy atom. The number of nitrogens with zero attached hydrogens (tertiary/aromatic N) is 1. The van der Waals surface area contributed by atoms with Crippen molar-refractivity contribution in [1.29, 1.82) is 0 Å². The van der Waals surface area contributed by atoms with Crippen molar-refractivity contribution in [2.45, 2.75) is 25.3 Å². The summed E-state index contributed by atoms with van der Waals surface area (Å²) < 4.78 is 0. The average molecular weight is 151 g/mol. The van der Waals surface area contributed by atoms with Gasteiger partial charge in [-0.2, -0.15) is 0 Å². The molecule has 2 saturated heterocycles. The molecule has 0 aromatic carbocycles. The Morgan fingerprint density at radius 1 is 1.45 bits per heavy atom. The molecule has 0 spiro atoms. The van der Waals surface area contributed by atoms with Crippen molar-refractivity contribution in [3.8, 4) is 0 Å². The fraction of sp³-hybridized carbons (Fsp3) is 0.667.